The summed E-state index contributed by atoms with van der Waals surface area (Å²) < 4.78 is 0. The van der Waals surface area contributed by atoms with Crippen LogP contribution in [0, 0.1) is 12.8 Å². The molecule has 0 bridgehead atoms. The zero-order valence-electron chi connectivity index (χ0n) is 12.8. The lowest BCUT2D eigenvalue weighted by Gasteiger charge is -2.34. The van der Waals surface area contributed by atoms with E-state index in [1.807, 2.05) is 13.1 Å². The molecule has 2 heterocycles. The third-order valence-corrected chi connectivity index (χ3v) is 4.00. The number of aryl methyl sites for hydroxylation is 1. The van der Waals surface area contributed by atoms with Gasteiger partial charge in [-0.2, -0.15) is 4.98 Å². The molecular formula is C15H26N4O. The molecule has 0 spiro atoms. The molecule has 1 aliphatic heterocycles. The minimum atomic E-state index is -0.203. The molecule has 1 aromatic heterocycles. The summed E-state index contributed by atoms with van der Waals surface area (Å²) in [6.45, 7) is 8.89. The summed E-state index contributed by atoms with van der Waals surface area (Å²) in [6.07, 6.45) is 4.80. The summed E-state index contributed by atoms with van der Waals surface area (Å²) >= 11 is 0. The highest BCUT2D eigenvalue weighted by molar-refractivity contribution is 5.49. The smallest absolute Gasteiger partial charge is 0.224 e. The van der Waals surface area contributed by atoms with Crippen molar-refractivity contribution in [2.75, 3.05) is 29.9 Å². The number of hydrogen-bond acceptors (Lipinski definition) is 5. The van der Waals surface area contributed by atoms with Gasteiger partial charge in [0.15, 0.2) is 0 Å². The van der Waals surface area contributed by atoms with Crippen LogP contribution in [0.1, 0.15) is 38.7 Å². The Balaban J connectivity index is 2.05. The Bertz CT molecular complexity index is 428. The second kappa shape index (κ2) is 6.88. The molecule has 5 heteroatoms. The number of piperidine rings is 1. The second-order valence-electron chi connectivity index (χ2n) is 5.69. The molecule has 1 unspecified atom stereocenters. The van der Waals surface area contributed by atoms with Crippen LogP contribution in [0.15, 0.2) is 6.20 Å². The number of aliphatic hydroxyl groups is 1. The van der Waals surface area contributed by atoms with Crippen molar-refractivity contribution < 1.29 is 5.11 Å². The van der Waals surface area contributed by atoms with Crippen LogP contribution >= 0.6 is 0 Å². The predicted octanol–water partition coefficient (Wildman–Crippen LogP) is 2.20. The molecule has 2 N–H and O–H groups in total. The summed E-state index contributed by atoms with van der Waals surface area (Å²) in [5, 5.41) is 12.9. The molecule has 0 aliphatic carbocycles. The van der Waals surface area contributed by atoms with Crippen LogP contribution < -0.4 is 10.2 Å². The van der Waals surface area contributed by atoms with E-state index in [9.17, 15) is 5.11 Å². The van der Waals surface area contributed by atoms with Crippen LogP contribution in [-0.2, 0) is 0 Å². The van der Waals surface area contributed by atoms with E-state index in [0.717, 1.165) is 50.3 Å². The highest BCUT2D eigenvalue weighted by Gasteiger charge is 2.24. The van der Waals surface area contributed by atoms with Gasteiger partial charge in [-0.05, 0) is 39.0 Å². The Morgan fingerprint density at radius 3 is 2.75 bits per heavy atom. The van der Waals surface area contributed by atoms with Crippen molar-refractivity contribution in [3.8, 4) is 0 Å². The number of aliphatic hydroxyl groups excluding tert-OH is 1. The average Bonchev–Trinajstić information content (AvgIpc) is 2.46. The topological polar surface area (TPSA) is 61.3 Å². The van der Waals surface area contributed by atoms with Crippen molar-refractivity contribution in [3.05, 3.63) is 11.8 Å². The first-order valence-corrected chi connectivity index (χ1v) is 7.62. The van der Waals surface area contributed by atoms with Gasteiger partial charge in [0, 0.05) is 31.4 Å². The highest BCUT2D eigenvalue weighted by atomic mass is 16.3. The fourth-order valence-electron chi connectivity index (χ4n) is 2.67. The summed E-state index contributed by atoms with van der Waals surface area (Å²) in [4.78, 5) is 11.3. The van der Waals surface area contributed by atoms with Crippen LogP contribution in [0.4, 0.5) is 11.8 Å². The number of aromatic nitrogens is 2. The molecule has 2 rings (SSSR count). The molecular weight excluding hydrogens is 252 g/mol. The fraction of sp³-hybridized carbons (Fsp3) is 0.733. The quantitative estimate of drug-likeness (QED) is 0.864. The molecule has 0 aromatic carbocycles. The van der Waals surface area contributed by atoms with E-state index in [0.29, 0.717) is 11.9 Å². The van der Waals surface area contributed by atoms with Crippen molar-refractivity contribution >= 4 is 11.8 Å². The van der Waals surface area contributed by atoms with Gasteiger partial charge in [0.1, 0.15) is 5.82 Å². The Kier molecular flexibility index (Phi) is 5.17. The minimum absolute atomic E-state index is 0.203. The van der Waals surface area contributed by atoms with Gasteiger partial charge in [0.05, 0.1) is 6.10 Å². The van der Waals surface area contributed by atoms with Gasteiger partial charge in [-0.25, -0.2) is 4.98 Å². The van der Waals surface area contributed by atoms with Crippen LogP contribution in [0.25, 0.3) is 0 Å². The van der Waals surface area contributed by atoms with Gasteiger partial charge in [-0.3, -0.25) is 0 Å². The summed E-state index contributed by atoms with van der Waals surface area (Å²) in [5.74, 6) is 2.17. The average molecular weight is 278 g/mol. The standard InChI is InChI=1S/C15H26N4O/c1-4-7-16-15-17-10-11(2)14(18-15)19-8-5-13(6-9-19)12(3)20/h10,12-13,20H,4-9H2,1-3H3,(H,16,17,18). The van der Waals surface area contributed by atoms with Crippen LogP contribution in [0.2, 0.25) is 0 Å². The lowest BCUT2D eigenvalue weighted by atomic mass is 9.92. The lowest BCUT2D eigenvalue weighted by molar-refractivity contribution is 0.109. The van der Waals surface area contributed by atoms with Gasteiger partial charge >= 0.3 is 0 Å². The number of hydrogen-bond donors (Lipinski definition) is 2. The van der Waals surface area contributed by atoms with Gasteiger partial charge < -0.3 is 15.3 Å². The summed E-state index contributed by atoms with van der Waals surface area (Å²) in [7, 11) is 0. The van der Waals surface area contributed by atoms with Crippen LogP contribution in [-0.4, -0.2) is 40.8 Å². The zero-order chi connectivity index (χ0) is 14.5. The fourth-order valence-corrected chi connectivity index (χ4v) is 2.67. The number of nitrogens with zero attached hydrogens (tertiary/aromatic N) is 3. The van der Waals surface area contributed by atoms with Crippen molar-refractivity contribution in [1.82, 2.24) is 9.97 Å². The van der Waals surface area contributed by atoms with E-state index >= 15 is 0 Å². The molecule has 112 valence electrons. The number of rotatable bonds is 5. The van der Waals surface area contributed by atoms with Crippen LogP contribution in [0.5, 0.6) is 0 Å². The maximum absolute atomic E-state index is 9.68. The Labute approximate surface area is 121 Å². The van der Waals surface area contributed by atoms with E-state index < -0.39 is 0 Å². The Morgan fingerprint density at radius 1 is 1.45 bits per heavy atom. The first kappa shape index (κ1) is 15.0. The summed E-state index contributed by atoms with van der Waals surface area (Å²) in [6, 6.07) is 0. The van der Waals surface area contributed by atoms with E-state index in [2.05, 4.69) is 34.0 Å². The van der Waals surface area contributed by atoms with Gasteiger partial charge in [0.2, 0.25) is 5.95 Å². The molecule has 5 nitrogen and oxygen atoms in total. The van der Waals surface area contributed by atoms with Crippen LogP contribution in [0.3, 0.4) is 0 Å². The molecule has 1 saturated heterocycles. The van der Waals surface area contributed by atoms with Gasteiger partial charge in [-0.1, -0.05) is 6.92 Å². The van der Waals surface area contributed by atoms with E-state index in [4.69, 9.17) is 0 Å². The second-order valence-corrected chi connectivity index (χ2v) is 5.69. The summed E-state index contributed by atoms with van der Waals surface area (Å²) in [5.41, 5.74) is 1.11. The van der Waals surface area contributed by atoms with E-state index in [-0.39, 0.29) is 6.10 Å². The van der Waals surface area contributed by atoms with Gasteiger partial charge in [0.25, 0.3) is 0 Å². The normalized spacial score (nSPS) is 18.1. The third-order valence-electron chi connectivity index (χ3n) is 4.00. The molecule has 1 atom stereocenters. The maximum Gasteiger partial charge on any atom is 0.224 e. The zero-order valence-corrected chi connectivity index (χ0v) is 12.8. The molecule has 1 aliphatic rings. The monoisotopic (exact) mass is 278 g/mol. The first-order chi connectivity index (χ1) is 9.61. The molecule has 0 saturated carbocycles. The van der Waals surface area contributed by atoms with E-state index in [1.165, 1.54) is 0 Å². The number of nitrogens with one attached hydrogen (secondary N) is 1. The Hall–Kier alpha value is -1.36. The largest absolute Gasteiger partial charge is 0.393 e. The molecule has 1 aromatic rings. The SMILES string of the molecule is CCCNc1ncc(C)c(N2CCC(C(C)O)CC2)n1. The predicted molar refractivity (Wildman–Crippen MR) is 82.2 cm³/mol. The van der Waals surface area contributed by atoms with Crippen molar-refractivity contribution in [3.63, 3.8) is 0 Å². The van der Waals surface area contributed by atoms with E-state index in [1.54, 1.807) is 0 Å². The number of anilines is 2. The Morgan fingerprint density at radius 2 is 2.15 bits per heavy atom. The molecule has 20 heavy (non-hydrogen) atoms. The first-order valence-electron chi connectivity index (χ1n) is 7.62. The molecule has 0 amide bonds. The minimum Gasteiger partial charge on any atom is -0.393 e. The lowest BCUT2D eigenvalue weighted by Crippen LogP contribution is -2.38. The van der Waals surface area contributed by atoms with Crippen molar-refractivity contribution in [1.29, 1.82) is 0 Å². The maximum atomic E-state index is 9.68. The van der Waals surface area contributed by atoms with Crippen molar-refractivity contribution in [2.45, 2.75) is 46.1 Å². The van der Waals surface area contributed by atoms with Gasteiger partial charge in [-0.15, -0.1) is 0 Å². The molecule has 1 fully saturated rings. The highest BCUT2D eigenvalue weighted by Crippen LogP contribution is 2.26. The van der Waals surface area contributed by atoms with Crippen molar-refractivity contribution in [2.24, 2.45) is 5.92 Å². The third kappa shape index (κ3) is 3.60. The molecule has 0 radical (unpaired) electrons.